The molecule has 60 heavy (non-hydrogen) atoms. The minimum Gasteiger partial charge on any atom is -0.423 e. The molecule has 4 bridgehead atoms. The molecule has 6 aromatic heterocycles. The Morgan fingerprint density at radius 3 is 1.75 bits per heavy atom. The Labute approximate surface area is 350 Å². The van der Waals surface area contributed by atoms with Crippen molar-refractivity contribution in [2.24, 2.45) is 0 Å². The summed E-state index contributed by atoms with van der Waals surface area (Å²) in [5.74, 6) is 2.12. The molecule has 2 fully saturated rings. The molecule has 18 nitrogen and oxygen atoms in total. The first kappa shape index (κ1) is 40.0. The first-order chi connectivity index (χ1) is 29.1. The van der Waals surface area contributed by atoms with E-state index < -0.39 is 7.12 Å². The number of urea groups is 2. The highest BCUT2D eigenvalue weighted by Crippen LogP contribution is 2.41. The molecule has 10 heterocycles. The van der Waals surface area contributed by atoms with Gasteiger partial charge < -0.3 is 19.8 Å². The molecule has 20 heteroatoms. The van der Waals surface area contributed by atoms with Gasteiger partial charge in [-0.15, -0.1) is 0 Å². The van der Waals surface area contributed by atoms with Gasteiger partial charge in [-0.25, -0.2) is 29.5 Å². The molecular formula is C40H40BClN14O4. The third-order valence-corrected chi connectivity index (χ3v) is 10.5. The number of amides is 4. The normalized spacial score (nSPS) is 16.7. The molecule has 10 rings (SSSR count). The van der Waals surface area contributed by atoms with E-state index in [-0.39, 0.29) is 24.1 Å². The maximum absolute atomic E-state index is 13.1. The monoisotopic (exact) mass is 826 g/mol. The number of fused-ring (bicyclic) bond motifs is 8. The highest BCUT2D eigenvalue weighted by atomic mass is 35.5. The van der Waals surface area contributed by atoms with Crippen LogP contribution in [-0.2, 0) is 0 Å². The van der Waals surface area contributed by atoms with E-state index in [2.05, 4.69) is 61.4 Å². The number of hydrogen-bond acceptors (Lipinski definition) is 14. The lowest BCUT2D eigenvalue weighted by Gasteiger charge is -2.35. The zero-order valence-electron chi connectivity index (χ0n) is 32.7. The highest BCUT2D eigenvalue weighted by Gasteiger charge is 2.41. The summed E-state index contributed by atoms with van der Waals surface area (Å²) in [6.45, 7) is 7.21. The molecule has 2 atom stereocenters. The van der Waals surface area contributed by atoms with E-state index in [1.807, 2.05) is 31.2 Å². The molecule has 4 amide bonds. The predicted molar refractivity (Wildman–Crippen MR) is 229 cm³/mol. The van der Waals surface area contributed by atoms with Crippen molar-refractivity contribution in [1.82, 2.24) is 39.9 Å². The summed E-state index contributed by atoms with van der Waals surface area (Å²) in [4.78, 5) is 67.3. The van der Waals surface area contributed by atoms with Crippen LogP contribution in [0.1, 0.15) is 24.2 Å². The Kier molecular flexibility index (Phi) is 11.7. The second kappa shape index (κ2) is 17.6. The van der Waals surface area contributed by atoms with Crippen molar-refractivity contribution >= 4 is 70.9 Å². The van der Waals surface area contributed by atoms with E-state index in [0.717, 1.165) is 73.0 Å². The summed E-state index contributed by atoms with van der Waals surface area (Å²) >= 11 is 6.01. The van der Waals surface area contributed by atoms with Crippen molar-refractivity contribution in [1.29, 1.82) is 0 Å². The third-order valence-electron chi connectivity index (χ3n) is 10.3. The highest BCUT2D eigenvalue weighted by molar-refractivity contribution is 6.58. The molecular weight excluding hydrogens is 787 g/mol. The van der Waals surface area contributed by atoms with Gasteiger partial charge in [-0.05, 0) is 80.7 Å². The standard InChI is InChI=1S/C20H19N7O.C14H13ClN6O.C6H8BNO2/c1-13-10-14(4-6-22-13)16-2-3-17-19(24-16)27(15-5-9-26(17)12-15)20(28)25-18-11-21-7-8-23-18;15-11-2-1-10-13(18-11)21(9-3-6-20(10)8-9)14(22)19-12-7-16-4-5-17-12;1-5-4-6(7(9)10)2-3-8-5/h2-4,6-8,10-11,15H,5,9,12H2,1H3,(H,23,25,28);1-2,4-5,7,9H,3,6,8H2,(H,17,19,22);2-4,9-10H,1H3/t15-;9-;/m11./s1. The van der Waals surface area contributed by atoms with Gasteiger partial charge in [0.2, 0.25) is 0 Å². The van der Waals surface area contributed by atoms with Crippen molar-refractivity contribution in [3.05, 3.63) is 115 Å². The maximum atomic E-state index is 13.1. The van der Waals surface area contributed by atoms with Crippen LogP contribution in [0.15, 0.2) is 98.1 Å². The minimum atomic E-state index is -1.39. The van der Waals surface area contributed by atoms with Crippen LogP contribution < -0.4 is 35.7 Å². The molecule has 0 radical (unpaired) electrons. The molecule has 4 aliphatic rings. The molecule has 6 aromatic rings. The smallest absolute Gasteiger partial charge is 0.423 e. The number of pyridine rings is 4. The van der Waals surface area contributed by atoms with Crippen LogP contribution in [0.3, 0.4) is 0 Å². The second-order valence-electron chi connectivity index (χ2n) is 14.4. The van der Waals surface area contributed by atoms with Gasteiger partial charge in [0.25, 0.3) is 0 Å². The van der Waals surface area contributed by atoms with E-state index in [9.17, 15) is 9.59 Å². The Balaban J connectivity index is 0.000000138. The van der Waals surface area contributed by atoms with Crippen LogP contribution in [0, 0.1) is 13.8 Å². The van der Waals surface area contributed by atoms with Crippen molar-refractivity contribution in [3.63, 3.8) is 0 Å². The molecule has 2 saturated heterocycles. The lowest BCUT2D eigenvalue weighted by Crippen LogP contribution is -2.48. The minimum absolute atomic E-state index is 0.0890. The number of anilines is 6. The maximum Gasteiger partial charge on any atom is 0.488 e. The Bertz CT molecular complexity index is 2490. The van der Waals surface area contributed by atoms with Gasteiger partial charge in [0.15, 0.2) is 23.3 Å². The van der Waals surface area contributed by atoms with Gasteiger partial charge in [0.1, 0.15) is 5.15 Å². The van der Waals surface area contributed by atoms with Crippen LogP contribution in [0.5, 0.6) is 0 Å². The quantitative estimate of drug-likeness (QED) is 0.146. The number of carbonyl (C=O) groups is 2. The summed E-state index contributed by atoms with van der Waals surface area (Å²) in [7, 11) is -1.39. The average Bonchev–Trinajstić information content (AvgIpc) is 3.87. The first-order valence-corrected chi connectivity index (χ1v) is 19.6. The third kappa shape index (κ3) is 8.77. The largest absolute Gasteiger partial charge is 0.488 e. The number of aryl methyl sites for hydroxylation is 2. The van der Waals surface area contributed by atoms with E-state index in [0.29, 0.717) is 33.9 Å². The molecule has 0 aromatic carbocycles. The predicted octanol–water partition coefficient (Wildman–Crippen LogP) is 4.10. The van der Waals surface area contributed by atoms with Gasteiger partial charge in [-0.2, -0.15) is 0 Å². The van der Waals surface area contributed by atoms with E-state index >= 15 is 0 Å². The Morgan fingerprint density at radius 1 is 0.683 bits per heavy atom. The summed E-state index contributed by atoms with van der Waals surface area (Å²) < 4.78 is 0. The number of aromatic nitrogens is 8. The van der Waals surface area contributed by atoms with Gasteiger partial charge in [-0.1, -0.05) is 11.6 Å². The van der Waals surface area contributed by atoms with Gasteiger partial charge in [0, 0.05) is 80.3 Å². The fourth-order valence-corrected chi connectivity index (χ4v) is 7.72. The fraction of sp³-hybridized carbons (Fsp3) is 0.250. The lowest BCUT2D eigenvalue weighted by molar-refractivity contribution is 0.254. The summed E-state index contributed by atoms with van der Waals surface area (Å²) in [6.07, 6.45) is 14.4. The topological polar surface area (TPSA) is 215 Å². The molecule has 304 valence electrons. The molecule has 0 unspecified atom stereocenters. The Hall–Kier alpha value is -6.83. The van der Waals surface area contributed by atoms with Gasteiger partial charge >= 0.3 is 19.2 Å². The van der Waals surface area contributed by atoms with E-state index in [1.165, 1.54) is 18.6 Å². The van der Waals surface area contributed by atoms with Crippen LogP contribution in [0.25, 0.3) is 11.3 Å². The number of nitrogens with one attached hydrogen (secondary N) is 2. The van der Waals surface area contributed by atoms with Crippen LogP contribution >= 0.6 is 11.6 Å². The second-order valence-corrected chi connectivity index (χ2v) is 14.8. The molecule has 4 N–H and O–H groups in total. The molecule has 0 spiro atoms. The van der Waals surface area contributed by atoms with Crippen LogP contribution in [0.4, 0.5) is 44.2 Å². The molecule has 0 aliphatic carbocycles. The summed E-state index contributed by atoms with van der Waals surface area (Å²) in [5, 5.41) is 23.3. The molecule has 0 saturated carbocycles. The number of rotatable bonds is 4. The van der Waals surface area contributed by atoms with E-state index in [4.69, 9.17) is 26.6 Å². The number of carbonyl (C=O) groups excluding carboxylic acids is 2. The summed E-state index contributed by atoms with van der Waals surface area (Å²) in [6, 6.07) is 14.5. The van der Waals surface area contributed by atoms with E-state index in [1.54, 1.807) is 65.9 Å². The zero-order valence-corrected chi connectivity index (χ0v) is 33.4. The van der Waals surface area contributed by atoms with Crippen molar-refractivity contribution in [3.8, 4) is 11.3 Å². The van der Waals surface area contributed by atoms with Crippen molar-refractivity contribution in [2.45, 2.75) is 38.8 Å². The number of nitrogens with zero attached hydrogens (tertiary/aromatic N) is 12. The van der Waals surface area contributed by atoms with Crippen molar-refractivity contribution in [2.75, 3.05) is 56.4 Å². The van der Waals surface area contributed by atoms with Crippen LogP contribution in [0.2, 0.25) is 5.15 Å². The molecule has 4 aliphatic heterocycles. The zero-order chi connectivity index (χ0) is 41.8. The lowest BCUT2D eigenvalue weighted by atomic mass is 9.81. The number of hydrogen-bond donors (Lipinski definition) is 4. The van der Waals surface area contributed by atoms with Crippen molar-refractivity contribution < 1.29 is 19.6 Å². The summed E-state index contributed by atoms with van der Waals surface area (Å²) in [5.41, 5.74) is 5.92. The van der Waals surface area contributed by atoms with Gasteiger partial charge in [0.05, 0.1) is 41.5 Å². The Morgan fingerprint density at radius 2 is 1.23 bits per heavy atom. The SMILES string of the molecule is Cc1cc(-c2ccc3c(n2)N(C(=O)Nc2cnccn2)[C@@H]2CCN3C2)ccn1.Cc1cc(B(O)O)ccn1.O=C(Nc1cnccn1)N1c2nc(Cl)ccc2N2CC[C@@H]1C2. The van der Waals surface area contributed by atoms with Gasteiger partial charge in [-0.3, -0.25) is 40.4 Å². The van der Waals surface area contributed by atoms with Crippen LogP contribution in [-0.4, -0.2) is 107 Å². The average molecular weight is 827 g/mol. The first-order valence-electron chi connectivity index (χ1n) is 19.2. The number of halogens is 1. The fourth-order valence-electron chi connectivity index (χ4n) is 7.58.